The van der Waals surface area contributed by atoms with Crippen molar-refractivity contribution in [3.8, 4) is 28.5 Å². The number of aromatic hydroxyl groups is 1. The normalized spacial score (nSPS) is 11.9. The predicted molar refractivity (Wildman–Crippen MR) is 110 cm³/mol. The zero-order chi connectivity index (χ0) is 19.8. The van der Waals surface area contributed by atoms with E-state index in [0.717, 1.165) is 11.3 Å². The Bertz CT molecular complexity index is 1300. The van der Waals surface area contributed by atoms with Crippen molar-refractivity contribution in [2.45, 2.75) is 0 Å². The molecular weight excluding hydrogens is 400 g/mol. The average Bonchev–Trinajstić information content (AvgIpc) is 3.24. The van der Waals surface area contributed by atoms with Gasteiger partial charge < -0.3 is 14.6 Å². The molecule has 0 atom stereocenters. The first kappa shape index (κ1) is 18.3. The maximum absolute atomic E-state index is 12.8. The van der Waals surface area contributed by atoms with Gasteiger partial charge in [0.05, 0.1) is 29.5 Å². The van der Waals surface area contributed by atoms with Gasteiger partial charge >= 0.3 is 0 Å². The van der Waals surface area contributed by atoms with Crippen LogP contribution in [0.25, 0.3) is 22.3 Å². The van der Waals surface area contributed by atoms with Gasteiger partial charge in [0.15, 0.2) is 16.5 Å². The third kappa shape index (κ3) is 3.19. The van der Waals surface area contributed by atoms with Crippen LogP contribution in [0.4, 0.5) is 0 Å². The lowest BCUT2D eigenvalue weighted by atomic mass is 10.1. The minimum atomic E-state index is -0.176. The monoisotopic (exact) mass is 414 g/mol. The van der Waals surface area contributed by atoms with Crippen LogP contribution >= 0.6 is 22.9 Å². The topological polar surface area (TPSA) is 73.1 Å². The summed E-state index contributed by atoms with van der Waals surface area (Å²) < 4.78 is 12.4. The lowest BCUT2D eigenvalue weighted by Crippen LogP contribution is -2.22. The molecule has 0 radical (unpaired) electrons. The Balaban J connectivity index is 1.79. The van der Waals surface area contributed by atoms with Gasteiger partial charge in [-0.1, -0.05) is 35.1 Å². The number of hydrogen-bond donors (Lipinski definition) is 1. The van der Waals surface area contributed by atoms with E-state index in [0.29, 0.717) is 20.8 Å². The number of nitrogens with zero attached hydrogens (tertiary/aromatic N) is 2. The van der Waals surface area contributed by atoms with E-state index < -0.39 is 0 Å². The van der Waals surface area contributed by atoms with Crippen LogP contribution in [0.15, 0.2) is 47.4 Å². The summed E-state index contributed by atoms with van der Waals surface area (Å²) in [5.41, 5.74) is 2.04. The third-order valence-corrected chi connectivity index (χ3v) is 5.51. The summed E-state index contributed by atoms with van der Waals surface area (Å²) in [5, 5.41) is 10.00. The first-order valence-corrected chi connectivity index (χ1v) is 9.44. The highest BCUT2D eigenvalue weighted by molar-refractivity contribution is 7.15. The van der Waals surface area contributed by atoms with E-state index in [9.17, 15) is 9.90 Å². The fraction of sp³-hybridized carbons (Fsp3) is 0.100. The van der Waals surface area contributed by atoms with Crippen molar-refractivity contribution >= 4 is 34.0 Å². The van der Waals surface area contributed by atoms with Crippen molar-refractivity contribution < 1.29 is 14.6 Å². The molecule has 0 saturated carbocycles. The highest BCUT2D eigenvalue weighted by atomic mass is 35.5. The molecule has 0 aliphatic rings. The molecule has 2 aromatic carbocycles. The van der Waals surface area contributed by atoms with E-state index >= 15 is 0 Å². The second kappa shape index (κ2) is 7.18. The van der Waals surface area contributed by atoms with Crippen LogP contribution in [-0.4, -0.2) is 28.7 Å². The number of hydrogen-bond acceptors (Lipinski definition) is 6. The molecule has 0 fully saturated rings. The molecule has 1 N–H and O–H groups in total. The Morgan fingerprint density at radius 3 is 2.75 bits per heavy atom. The SMILES string of the molecule is COc1cccc(-c2cn3c(=O)/c(=C/c4cc(Cl)c(O)c(OC)c4)sc3n2)c1. The van der Waals surface area contributed by atoms with Crippen molar-refractivity contribution in [3.05, 3.63) is 68.1 Å². The van der Waals surface area contributed by atoms with Crippen molar-refractivity contribution in [1.82, 2.24) is 9.38 Å². The van der Waals surface area contributed by atoms with E-state index in [1.54, 1.807) is 31.5 Å². The maximum atomic E-state index is 12.8. The van der Waals surface area contributed by atoms with Gasteiger partial charge in [-0.2, -0.15) is 0 Å². The van der Waals surface area contributed by atoms with Crippen LogP contribution in [0.5, 0.6) is 17.2 Å². The Hall–Kier alpha value is -3.03. The van der Waals surface area contributed by atoms with E-state index in [2.05, 4.69) is 4.98 Å². The van der Waals surface area contributed by atoms with E-state index in [4.69, 9.17) is 21.1 Å². The van der Waals surface area contributed by atoms with Crippen LogP contribution < -0.4 is 19.6 Å². The highest BCUT2D eigenvalue weighted by Gasteiger charge is 2.12. The predicted octanol–water partition coefficient (Wildman–Crippen LogP) is 3.35. The van der Waals surface area contributed by atoms with Crippen LogP contribution in [0.1, 0.15) is 5.56 Å². The van der Waals surface area contributed by atoms with Gasteiger partial charge in [-0.05, 0) is 35.9 Å². The lowest BCUT2D eigenvalue weighted by molar-refractivity contribution is 0.373. The summed E-state index contributed by atoms with van der Waals surface area (Å²) in [6.45, 7) is 0. The van der Waals surface area contributed by atoms with Crippen LogP contribution in [0, 0.1) is 0 Å². The molecule has 4 aromatic rings. The van der Waals surface area contributed by atoms with Crippen LogP contribution in [0.2, 0.25) is 5.02 Å². The summed E-state index contributed by atoms with van der Waals surface area (Å²) in [7, 11) is 3.04. The molecule has 0 spiro atoms. The number of halogens is 1. The summed E-state index contributed by atoms with van der Waals surface area (Å²) in [6, 6.07) is 10.7. The van der Waals surface area contributed by atoms with Gasteiger partial charge in [0.25, 0.3) is 5.56 Å². The largest absolute Gasteiger partial charge is 0.503 e. The molecule has 28 heavy (non-hydrogen) atoms. The number of benzene rings is 2. The molecule has 8 heteroatoms. The lowest BCUT2D eigenvalue weighted by Gasteiger charge is -2.05. The summed E-state index contributed by atoms with van der Waals surface area (Å²) in [5.74, 6) is 0.837. The zero-order valence-corrected chi connectivity index (χ0v) is 16.5. The summed E-state index contributed by atoms with van der Waals surface area (Å²) in [4.78, 5) is 17.9. The Kier molecular flexibility index (Phi) is 4.70. The summed E-state index contributed by atoms with van der Waals surface area (Å²) in [6.07, 6.45) is 3.41. The number of phenols is 1. The fourth-order valence-electron chi connectivity index (χ4n) is 2.84. The van der Waals surface area contributed by atoms with Gasteiger partial charge in [-0.25, -0.2) is 4.98 Å². The van der Waals surface area contributed by atoms with E-state index in [-0.39, 0.29) is 22.1 Å². The van der Waals surface area contributed by atoms with Crippen LogP contribution in [-0.2, 0) is 0 Å². The minimum Gasteiger partial charge on any atom is -0.503 e. The number of rotatable bonds is 4. The fourth-order valence-corrected chi connectivity index (χ4v) is 4.01. The van der Waals surface area contributed by atoms with Gasteiger partial charge in [-0.3, -0.25) is 9.20 Å². The molecule has 0 aliphatic heterocycles. The number of ether oxygens (including phenoxy) is 2. The second-order valence-corrected chi connectivity index (χ2v) is 7.40. The van der Waals surface area contributed by atoms with Crippen LogP contribution in [0.3, 0.4) is 0 Å². The van der Waals surface area contributed by atoms with Crippen molar-refractivity contribution in [2.24, 2.45) is 0 Å². The van der Waals surface area contributed by atoms with Crippen molar-refractivity contribution in [2.75, 3.05) is 14.2 Å². The number of imidazole rings is 1. The average molecular weight is 415 g/mol. The van der Waals surface area contributed by atoms with Crippen molar-refractivity contribution in [3.63, 3.8) is 0 Å². The first-order chi connectivity index (χ1) is 13.5. The first-order valence-electron chi connectivity index (χ1n) is 8.24. The standard InChI is InChI=1S/C20H15ClN2O4S/c1-26-13-5-3-4-12(9-13)15-10-23-19(25)17(28-20(23)22-15)8-11-6-14(21)18(24)16(7-11)27-2/h3-10,24H,1-2H3/b17-8-. The smallest absolute Gasteiger partial charge is 0.274 e. The second-order valence-electron chi connectivity index (χ2n) is 5.98. The van der Waals surface area contributed by atoms with Crippen molar-refractivity contribution in [1.29, 1.82) is 0 Å². The van der Waals surface area contributed by atoms with E-state index in [1.807, 2.05) is 24.3 Å². The molecule has 2 heterocycles. The van der Waals surface area contributed by atoms with Gasteiger partial charge in [-0.15, -0.1) is 0 Å². The molecule has 0 amide bonds. The molecule has 6 nitrogen and oxygen atoms in total. The van der Waals surface area contributed by atoms with E-state index in [1.165, 1.54) is 22.8 Å². The third-order valence-electron chi connectivity index (χ3n) is 4.24. The molecule has 2 aromatic heterocycles. The van der Waals surface area contributed by atoms with Gasteiger partial charge in [0.1, 0.15) is 5.75 Å². The number of aromatic nitrogens is 2. The van der Waals surface area contributed by atoms with Gasteiger partial charge in [0, 0.05) is 11.8 Å². The molecule has 4 rings (SSSR count). The molecule has 0 saturated heterocycles. The maximum Gasteiger partial charge on any atom is 0.274 e. The molecule has 0 bridgehead atoms. The molecule has 142 valence electrons. The Labute approximate surface area is 168 Å². The minimum absolute atomic E-state index is 0.132. The Morgan fingerprint density at radius 2 is 2.04 bits per heavy atom. The van der Waals surface area contributed by atoms with Gasteiger partial charge in [0.2, 0.25) is 0 Å². The number of fused-ring (bicyclic) bond motifs is 1. The highest BCUT2D eigenvalue weighted by Crippen LogP contribution is 2.35. The summed E-state index contributed by atoms with van der Waals surface area (Å²) >= 11 is 7.30. The quantitative estimate of drug-likeness (QED) is 0.554. The molecule has 0 aliphatic carbocycles. The number of methoxy groups -OCH3 is 2. The number of phenolic OH excluding ortho intramolecular Hbond substituents is 1. The number of thiazole rings is 1. The molecule has 0 unspecified atom stereocenters. The zero-order valence-electron chi connectivity index (χ0n) is 15.0. The Morgan fingerprint density at radius 1 is 1.21 bits per heavy atom. The molecular formula is C20H15ClN2O4S.